The Morgan fingerprint density at radius 1 is 1.16 bits per heavy atom. The van der Waals surface area contributed by atoms with Crippen LogP contribution in [0.1, 0.15) is 16.8 Å². The fourth-order valence-corrected chi connectivity index (χ4v) is 3.59. The largest absolute Gasteiger partial charge is 0.495 e. The predicted octanol–water partition coefficient (Wildman–Crippen LogP) is 4.27. The number of nitrogens with zero attached hydrogens (tertiary/aromatic N) is 3. The van der Waals surface area contributed by atoms with Crippen LogP contribution in [0.4, 0.5) is 5.69 Å². The molecule has 0 saturated heterocycles. The van der Waals surface area contributed by atoms with Crippen molar-refractivity contribution in [3.63, 3.8) is 0 Å². The first-order valence-electron chi connectivity index (χ1n) is 7.42. The van der Waals surface area contributed by atoms with Crippen molar-refractivity contribution in [3.05, 3.63) is 45.2 Å². The molecule has 7 heteroatoms. The number of pyridine rings is 1. The van der Waals surface area contributed by atoms with Gasteiger partial charge in [0.25, 0.3) is 0 Å². The van der Waals surface area contributed by atoms with Crippen LogP contribution in [0.3, 0.4) is 0 Å². The van der Waals surface area contributed by atoms with Crippen molar-refractivity contribution in [2.24, 2.45) is 0 Å². The molecule has 0 aliphatic carbocycles. The first-order chi connectivity index (χ1) is 12.0. The zero-order valence-electron chi connectivity index (χ0n) is 13.9. The lowest BCUT2D eigenvalue weighted by Gasteiger charge is -2.29. The number of ether oxygens (including phenoxy) is 2. The summed E-state index contributed by atoms with van der Waals surface area (Å²) in [6.45, 7) is 0.567. The average Bonchev–Trinajstić information content (AvgIpc) is 2.62. The van der Waals surface area contributed by atoms with Gasteiger partial charge in [-0.05, 0) is 17.7 Å². The number of halogens is 2. The van der Waals surface area contributed by atoms with Crippen molar-refractivity contribution in [1.29, 1.82) is 5.26 Å². The summed E-state index contributed by atoms with van der Waals surface area (Å²) in [5, 5.41) is 9.89. The second-order valence-electron chi connectivity index (χ2n) is 5.55. The third-order valence-corrected chi connectivity index (χ3v) is 4.82. The maximum absolute atomic E-state index is 9.03. The number of hydrogen-bond acceptors (Lipinski definition) is 5. The van der Waals surface area contributed by atoms with E-state index in [2.05, 4.69) is 11.1 Å². The molecule has 0 N–H and O–H groups in total. The van der Waals surface area contributed by atoms with Gasteiger partial charge in [-0.2, -0.15) is 5.26 Å². The van der Waals surface area contributed by atoms with Crippen LogP contribution >= 0.6 is 23.2 Å². The molecular formula is C18H15Cl2N3O2. The molecule has 3 rings (SSSR count). The Labute approximate surface area is 156 Å². The standard InChI is InChI=1S/C18H15Cl2N3O2/c1-23-9-11(4-10-8-22-12(7-21)5-13(10)23)16-17(19)14(24-2)6-15(25-3)18(16)20/h4-6,8H,9H2,1-3H3. The molecule has 5 nitrogen and oxygen atoms in total. The molecule has 2 aromatic rings. The molecule has 1 aromatic heterocycles. The van der Waals surface area contributed by atoms with Gasteiger partial charge in [-0.25, -0.2) is 4.98 Å². The number of methoxy groups -OCH3 is 2. The van der Waals surface area contributed by atoms with E-state index in [0.717, 1.165) is 16.8 Å². The van der Waals surface area contributed by atoms with Gasteiger partial charge in [0.15, 0.2) is 0 Å². The molecule has 1 aliphatic heterocycles. The molecule has 1 aromatic carbocycles. The fraction of sp³-hybridized carbons (Fsp3) is 0.222. The van der Waals surface area contributed by atoms with Crippen LogP contribution < -0.4 is 14.4 Å². The molecule has 2 heterocycles. The monoisotopic (exact) mass is 375 g/mol. The van der Waals surface area contributed by atoms with Crippen LogP contribution in [-0.2, 0) is 0 Å². The highest BCUT2D eigenvalue weighted by Crippen LogP contribution is 2.45. The zero-order valence-corrected chi connectivity index (χ0v) is 15.4. The summed E-state index contributed by atoms with van der Waals surface area (Å²) in [7, 11) is 5.02. The molecule has 0 amide bonds. The summed E-state index contributed by atoms with van der Waals surface area (Å²) >= 11 is 13.0. The SMILES string of the molecule is COc1cc(OC)c(Cl)c(C2=Cc3cnc(C#N)cc3N(C)C2)c1Cl. The number of anilines is 1. The van der Waals surface area contributed by atoms with E-state index in [0.29, 0.717) is 39.3 Å². The summed E-state index contributed by atoms with van der Waals surface area (Å²) in [6, 6.07) is 5.48. The smallest absolute Gasteiger partial charge is 0.142 e. The van der Waals surface area contributed by atoms with Gasteiger partial charge in [0.05, 0.1) is 24.3 Å². The Morgan fingerprint density at radius 2 is 1.80 bits per heavy atom. The lowest BCUT2D eigenvalue weighted by Crippen LogP contribution is -2.24. The molecule has 0 bridgehead atoms. The van der Waals surface area contributed by atoms with Gasteiger partial charge in [0.1, 0.15) is 23.3 Å². The van der Waals surface area contributed by atoms with Crippen molar-refractivity contribution in [2.75, 3.05) is 32.7 Å². The second-order valence-corrected chi connectivity index (χ2v) is 6.31. The molecule has 0 radical (unpaired) electrons. The number of benzene rings is 1. The van der Waals surface area contributed by atoms with Crippen LogP contribution in [0.2, 0.25) is 10.0 Å². The van der Waals surface area contributed by atoms with E-state index in [4.69, 9.17) is 37.9 Å². The number of rotatable bonds is 3. The van der Waals surface area contributed by atoms with E-state index in [1.54, 1.807) is 32.5 Å². The summed E-state index contributed by atoms with van der Waals surface area (Å²) < 4.78 is 10.7. The molecule has 128 valence electrons. The molecule has 0 atom stereocenters. The number of likely N-dealkylation sites (N-methyl/N-ethyl adjacent to an activating group) is 1. The van der Waals surface area contributed by atoms with Crippen LogP contribution in [0.5, 0.6) is 11.5 Å². The molecule has 25 heavy (non-hydrogen) atoms. The van der Waals surface area contributed by atoms with Crippen LogP contribution in [-0.4, -0.2) is 32.8 Å². The second kappa shape index (κ2) is 6.83. The van der Waals surface area contributed by atoms with Crippen LogP contribution in [0.25, 0.3) is 11.6 Å². The molecule has 1 aliphatic rings. The van der Waals surface area contributed by atoms with Crippen molar-refractivity contribution in [1.82, 2.24) is 4.98 Å². The van der Waals surface area contributed by atoms with E-state index in [-0.39, 0.29) is 0 Å². The maximum atomic E-state index is 9.03. The topological polar surface area (TPSA) is 58.4 Å². The molecule has 0 unspecified atom stereocenters. The summed E-state index contributed by atoms with van der Waals surface area (Å²) in [6.07, 6.45) is 3.64. The lowest BCUT2D eigenvalue weighted by atomic mass is 9.97. The fourth-order valence-electron chi connectivity index (χ4n) is 2.85. The van der Waals surface area contributed by atoms with Crippen molar-refractivity contribution >= 4 is 40.5 Å². The minimum Gasteiger partial charge on any atom is -0.495 e. The Hall–Kier alpha value is -2.42. The molecule has 0 saturated carbocycles. The minimum absolute atomic E-state index is 0.376. The Kier molecular flexibility index (Phi) is 4.76. The van der Waals surface area contributed by atoms with E-state index < -0.39 is 0 Å². The summed E-state index contributed by atoms with van der Waals surface area (Å²) in [4.78, 5) is 6.16. The zero-order chi connectivity index (χ0) is 18.1. The van der Waals surface area contributed by atoms with Gasteiger partial charge in [-0.15, -0.1) is 0 Å². The average molecular weight is 376 g/mol. The third kappa shape index (κ3) is 2.99. The summed E-state index contributed by atoms with van der Waals surface area (Å²) in [5.74, 6) is 0.982. The third-order valence-electron chi connectivity index (χ3n) is 4.07. The summed E-state index contributed by atoms with van der Waals surface area (Å²) in [5.41, 5.74) is 3.77. The maximum Gasteiger partial charge on any atom is 0.142 e. The van der Waals surface area contributed by atoms with Gasteiger partial charge in [-0.1, -0.05) is 23.2 Å². The lowest BCUT2D eigenvalue weighted by molar-refractivity contribution is 0.394. The van der Waals surface area contributed by atoms with Crippen LogP contribution in [0.15, 0.2) is 18.3 Å². The van der Waals surface area contributed by atoms with Gasteiger partial charge < -0.3 is 14.4 Å². The van der Waals surface area contributed by atoms with E-state index >= 15 is 0 Å². The predicted molar refractivity (Wildman–Crippen MR) is 99.7 cm³/mol. The number of aromatic nitrogens is 1. The van der Waals surface area contributed by atoms with Crippen molar-refractivity contribution in [2.45, 2.75) is 0 Å². The first kappa shape index (κ1) is 17.4. The number of fused-ring (bicyclic) bond motifs is 1. The Bertz CT molecular complexity index is 891. The van der Waals surface area contributed by atoms with Gasteiger partial charge in [0.2, 0.25) is 0 Å². The Balaban J connectivity index is 2.20. The minimum atomic E-state index is 0.376. The highest BCUT2D eigenvalue weighted by atomic mass is 35.5. The molecular weight excluding hydrogens is 361 g/mol. The molecule has 0 fully saturated rings. The first-order valence-corrected chi connectivity index (χ1v) is 8.18. The van der Waals surface area contributed by atoms with Gasteiger partial charge >= 0.3 is 0 Å². The normalized spacial score (nSPS) is 13.0. The Morgan fingerprint density at radius 3 is 2.36 bits per heavy atom. The highest BCUT2D eigenvalue weighted by Gasteiger charge is 2.24. The van der Waals surface area contributed by atoms with E-state index in [1.165, 1.54) is 0 Å². The van der Waals surface area contributed by atoms with Crippen LogP contribution in [0, 0.1) is 11.3 Å². The number of hydrogen-bond donors (Lipinski definition) is 0. The molecule has 0 spiro atoms. The quantitative estimate of drug-likeness (QED) is 0.801. The van der Waals surface area contributed by atoms with Crippen molar-refractivity contribution < 1.29 is 9.47 Å². The van der Waals surface area contributed by atoms with Crippen molar-refractivity contribution in [3.8, 4) is 17.6 Å². The highest BCUT2D eigenvalue weighted by molar-refractivity contribution is 6.39. The number of nitriles is 1. The van der Waals surface area contributed by atoms with E-state index in [1.807, 2.05) is 18.0 Å². The van der Waals surface area contributed by atoms with E-state index in [9.17, 15) is 0 Å². The van der Waals surface area contributed by atoms with Gasteiger partial charge in [0, 0.05) is 42.7 Å². The van der Waals surface area contributed by atoms with Gasteiger partial charge in [-0.3, -0.25) is 0 Å².